The second kappa shape index (κ2) is 2.78. The topological polar surface area (TPSA) is 12.0 Å². The summed E-state index contributed by atoms with van der Waals surface area (Å²) in [6, 6.07) is 0.884. The minimum Gasteiger partial charge on any atom is -0.314 e. The van der Waals surface area contributed by atoms with Crippen molar-refractivity contribution in [3.8, 4) is 0 Å². The fourth-order valence-electron chi connectivity index (χ4n) is 2.56. The third kappa shape index (κ3) is 1.31. The van der Waals surface area contributed by atoms with Crippen LogP contribution < -0.4 is 5.32 Å². The molecule has 0 radical (unpaired) electrons. The van der Waals surface area contributed by atoms with Gasteiger partial charge < -0.3 is 5.32 Å². The van der Waals surface area contributed by atoms with E-state index in [0.717, 1.165) is 11.5 Å². The van der Waals surface area contributed by atoms with E-state index >= 15 is 0 Å². The van der Waals surface area contributed by atoms with E-state index in [1.54, 1.807) is 0 Å². The molecule has 1 N–H and O–H groups in total. The largest absolute Gasteiger partial charge is 0.314 e. The zero-order chi connectivity index (χ0) is 7.73. The highest BCUT2D eigenvalue weighted by Crippen LogP contribution is 2.55. The molecule has 0 atom stereocenters. The number of hydrogen-bond acceptors (Lipinski definition) is 1. The SMILES string of the molecule is CCCNC1CC2(CCC2)C1. The monoisotopic (exact) mass is 153 g/mol. The number of hydrogen-bond donors (Lipinski definition) is 1. The lowest BCUT2D eigenvalue weighted by Crippen LogP contribution is -2.52. The summed E-state index contributed by atoms with van der Waals surface area (Å²) in [6.45, 7) is 3.46. The fraction of sp³-hybridized carbons (Fsp3) is 1.00. The van der Waals surface area contributed by atoms with Gasteiger partial charge in [0.15, 0.2) is 0 Å². The molecule has 1 nitrogen and oxygen atoms in total. The third-order valence-electron chi connectivity index (χ3n) is 3.46. The Kier molecular flexibility index (Phi) is 1.92. The maximum Gasteiger partial charge on any atom is 0.00776 e. The third-order valence-corrected chi connectivity index (χ3v) is 3.46. The van der Waals surface area contributed by atoms with Crippen LogP contribution in [0.25, 0.3) is 0 Å². The van der Waals surface area contributed by atoms with E-state index in [1.165, 1.54) is 45.1 Å². The summed E-state index contributed by atoms with van der Waals surface area (Å²) in [4.78, 5) is 0. The van der Waals surface area contributed by atoms with Crippen LogP contribution in [0.4, 0.5) is 0 Å². The standard InChI is InChI=1S/C10H19N/c1-2-6-11-9-7-10(8-9)4-3-5-10/h9,11H,2-8H2,1H3. The van der Waals surface area contributed by atoms with Gasteiger partial charge in [0.1, 0.15) is 0 Å². The van der Waals surface area contributed by atoms with Crippen LogP contribution >= 0.6 is 0 Å². The fourth-order valence-corrected chi connectivity index (χ4v) is 2.56. The van der Waals surface area contributed by atoms with Crippen LogP contribution in [0, 0.1) is 5.41 Å². The maximum absolute atomic E-state index is 3.59. The highest BCUT2D eigenvalue weighted by molar-refractivity contribution is 5.02. The molecule has 2 rings (SSSR count). The number of nitrogens with one attached hydrogen (secondary N) is 1. The van der Waals surface area contributed by atoms with Gasteiger partial charge in [-0.1, -0.05) is 13.3 Å². The van der Waals surface area contributed by atoms with E-state index in [9.17, 15) is 0 Å². The molecule has 0 aromatic carbocycles. The van der Waals surface area contributed by atoms with Crippen molar-refractivity contribution >= 4 is 0 Å². The molecule has 2 fully saturated rings. The lowest BCUT2D eigenvalue weighted by Gasteiger charge is -2.54. The Labute approximate surface area is 69.6 Å². The Morgan fingerprint density at radius 1 is 1.36 bits per heavy atom. The van der Waals surface area contributed by atoms with Crippen molar-refractivity contribution in [3.63, 3.8) is 0 Å². The molecule has 2 saturated carbocycles. The molecule has 11 heavy (non-hydrogen) atoms. The maximum atomic E-state index is 3.59. The molecule has 2 aliphatic carbocycles. The Morgan fingerprint density at radius 3 is 2.55 bits per heavy atom. The zero-order valence-electron chi connectivity index (χ0n) is 7.53. The van der Waals surface area contributed by atoms with Crippen LogP contribution in [0.1, 0.15) is 45.4 Å². The van der Waals surface area contributed by atoms with Gasteiger partial charge in [0.05, 0.1) is 0 Å². The van der Waals surface area contributed by atoms with Crippen molar-refractivity contribution < 1.29 is 0 Å². The summed E-state index contributed by atoms with van der Waals surface area (Å²) >= 11 is 0. The Morgan fingerprint density at radius 2 is 2.09 bits per heavy atom. The molecule has 0 amide bonds. The lowest BCUT2D eigenvalue weighted by molar-refractivity contribution is -0.00179. The summed E-state index contributed by atoms with van der Waals surface area (Å²) < 4.78 is 0. The van der Waals surface area contributed by atoms with Crippen LogP contribution in [-0.2, 0) is 0 Å². The van der Waals surface area contributed by atoms with Crippen molar-refractivity contribution in [1.29, 1.82) is 0 Å². The normalized spacial score (nSPS) is 28.1. The quantitative estimate of drug-likeness (QED) is 0.656. The molecule has 0 aromatic heterocycles. The molecule has 2 aliphatic rings. The highest BCUT2D eigenvalue weighted by Gasteiger charge is 2.47. The first-order chi connectivity index (χ1) is 5.35. The molecule has 0 heterocycles. The second-order valence-electron chi connectivity index (χ2n) is 4.41. The van der Waals surface area contributed by atoms with E-state index in [0.29, 0.717) is 0 Å². The van der Waals surface area contributed by atoms with Gasteiger partial charge in [-0.25, -0.2) is 0 Å². The van der Waals surface area contributed by atoms with Gasteiger partial charge in [-0.15, -0.1) is 0 Å². The summed E-state index contributed by atoms with van der Waals surface area (Å²) in [6.07, 6.45) is 8.79. The first-order valence-electron chi connectivity index (χ1n) is 5.08. The van der Waals surface area contributed by atoms with Gasteiger partial charge >= 0.3 is 0 Å². The number of rotatable bonds is 3. The van der Waals surface area contributed by atoms with Crippen molar-refractivity contribution in [3.05, 3.63) is 0 Å². The van der Waals surface area contributed by atoms with Crippen molar-refractivity contribution in [1.82, 2.24) is 5.32 Å². The Hall–Kier alpha value is -0.0400. The molecule has 0 unspecified atom stereocenters. The van der Waals surface area contributed by atoms with E-state index in [2.05, 4.69) is 12.2 Å². The van der Waals surface area contributed by atoms with E-state index in [4.69, 9.17) is 0 Å². The van der Waals surface area contributed by atoms with E-state index < -0.39 is 0 Å². The van der Waals surface area contributed by atoms with Crippen LogP contribution in [0.15, 0.2) is 0 Å². The minimum absolute atomic E-state index is 0.853. The molecule has 0 bridgehead atoms. The predicted molar refractivity (Wildman–Crippen MR) is 47.6 cm³/mol. The first-order valence-corrected chi connectivity index (χ1v) is 5.08. The minimum atomic E-state index is 0.853. The smallest absolute Gasteiger partial charge is 0.00776 e. The van der Waals surface area contributed by atoms with Gasteiger partial charge in [0, 0.05) is 6.04 Å². The molecule has 1 spiro atoms. The van der Waals surface area contributed by atoms with Gasteiger partial charge in [-0.3, -0.25) is 0 Å². The molecule has 64 valence electrons. The second-order valence-corrected chi connectivity index (χ2v) is 4.41. The molecule has 0 saturated heterocycles. The van der Waals surface area contributed by atoms with Crippen LogP contribution in [-0.4, -0.2) is 12.6 Å². The van der Waals surface area contributed by atoms with Crippen molar-refractivity contribution in [2.75, 3.05) is 6.54 Å². The first kappa shape index (κ1) is 7.60. The summed E-state index contributed by atoms with van der Waals surface area (Å²) in [7, 11) is 0. The molecule has 0 aromatic rings. The van der Waals surface area contributed by atoms with Crippen molar-refractivity contribution in [2.24, 2.45) is 5.41 Å². The van der Waals surface area contributed by atoms with Gasteiger partial charge in [0.2, 0.25) is 0 Å². The Bertz CT molecular complexity index is 130. The predicted octanol–water partition coefficient (Wildman–Crippen LogP) is 2.32. The molecule has 0 aliphatic heterocycles. The van der Waals surface area contributed by atoms with Crippen LogP contribution in [0.3, 0.4) is 0 Å². The highest BCUT2D eigenvalue weighted by atomic mass is 14.9. The van der Waals surface area contributed by atoms with Gasteiger partial charge in [-0.05, 0) is 44.1 Å². The van der Waals surface area contributed by atoms with Gasteiger partial charge in [-0.2, -0.15) is 0 Å². The average Bonchev–Trinajstić information content (AvgIpc) is 1.81. The van der Waals surface area contributed by atoms with Crippen molar-refractivity contribution in [2.45, 2.75) is 51.5 Å². The van der Waals surface area contributed by atoms with Crippen LogP contribution in [0.5, 0.6) is 0 Å². The zero-order valence-corrected chi connectivity index (χ0v) is 7.53. The lowest BCUT2D eigenvalue weighted by atomic mass is 9.54. The molecule has 1 heteroatoms. The average molecular weight is 153 g/mol. The molecular formula is C10H19N. The van der Waals surface area contributed by atoms with E-state index in [1.807, 2.05) is 0 Å². The molecular weight excluding hydrogens is 134 g/mol. The summed E-state index contributed by atoms with van der Waals surface area (Å²) in [5.41, 5.74) is 0.853. The van der Waals surface area contributed by atoms with E-state index in [-0.39, 0.29) is 0 Å². The van der Waals surface area contributed by atoms with Gasteiger partial charge in [0.25, 0.3) is 0 Å². The summed E-state index contributed by atoms with van der Waals surface area (Å²) in [5, 5.41) is 3.59. The van der Waals surface area contributed by atoms with Crippen LogP contribution in [0.2, 0.25) is 0 Å². The summed E-state index contributed by atoms with van der Waals surface area (Å²) in [5.74, 6) is 0. The Balaban J connectivity index is 1.63.